The van der Waals surface area contributed by atoms with E-state index in [1.54, 1.807) is 42.5 Å². The SMILES string of the molecule is CC(=O)c1ccc(C#CCNC(=O)c2cc(Br)ccc2Cl)cc1. The highest BCUT2D eigenvalue weighted by Crippen LogP contribution is 2.20. The van der Waals surface area contributed by atoms with E-state index >= 15 is 0 Å². The molecule has 0 fully saturated rings. The minimum Gasteiger partial charge on any atom is -0.341 e. The first-order chi connectivity index (χ1) is 11.0. The molecule has 0 radical (unpaired) electrons. The standard InChI is InChI=1S/C18H13BrClNO2/c1-12(22)14-6-4-13(5-7-14)3-2-10-21-18(23)16-11-15(19)8-9-17(16)20/h4-9,11H,10H2,1H3,(H,21,23). The van der Waals surface area contributed by atoms with Crippen molar-refractivity contribution in [1.29, 1.82) is 0 Å². The number of hydrogen-bond acceptors (Lipinski definition) is 2. The van der Waals surface area contributed by atoms with Gasteiger partial charge in [-0.3, -0.25) is 9.59 Å². The maximum Gasteiger partial charge on any atom is 0.253 e. The molecule has 0 spiro atoms. The summed E-state index contributed by atoms with van der Waals surface area (Å²) < 4.78 is 0.781. The zero-order valence-electron chi connectivity index (χ0n) is 12.3. The van der Waals surface area contributed by atoms with Crippen LogP contribution >= 0.6 is 27.5 Å². The van der Waals surface area contributed by atoms with Crippen molar-refractivity contribution >= 4 is 39.2 Å². The Labute approximate surface area is 148 Å². The van der Waals surface area contributed by atoms with Gasteiger partial charge in [0.15, 0.2) is 5.78 Å². The van der Waals surface area contributed by atoms with Gasteiger partial charge in [-0.15, -0.1) is 0 Å². The van der Waals surface area contributed by atoms with Crippen LogP contribution in [-0.2, 0) is 0 Å². The highest BCUT2D eigenvalue weighted by Gasteiger charge is 2.09. The van der Waals surface area contributed by atoms with Crippen LogP contribution in [0, 0.1) is 11.8 Å². The summed E-state index contributed by atoms with van der Waals surface area (Å²) in [4.78, 5) is 23.2. The second-order valence-corrected chi connectivity index (χ2v) is 6.07. The van der Waals surface area contributed by atoms with Crippen LogP contribution < -0.4 is 5.32 Å². The summed E-state index contributed by atoms with van der Waals surface area (Å²) >= 11 is 9.30. The minimum atomic E-state index is -0.280. The van der Waals surface area contributed by atoms with Crippen LogP contribution in [-0.4, -0.2) is 18.2 Å². The first-order valence-electron chi connectivity index (χ1n) is 6.80. The van der Waals surface area contributed by atoms with E-state index in [1.165, 1.54) is 6.92 Å². The zero-order valence-corrected chi connectivity index (χ0v) is 14.7. The lowest BCUT2D eigenvalue weighted by atomic mass is 10.1. The summed E-state index contributed by atoms with van der Waals surface area (Å²) in [6.45, 7) is 1.72. The maximum atomic E-state index is 12.0. The van der Waals surface area contributed by atoms with E-state index in [0.29, 0.717) is 16.1 Å². The first-order valence-corrected chi connectivity index (χ1v) is 7.97. The lowest BCUT2D eigenvalue weighted by molar-refractivity contribution is 0.0957. The molecule has 0 saturated carbocycles. The Bertz CT molecular complexity index is 804. The maximum absolute atomic E-state index is 12.0. The highest BCUT2D eigenvalue weighted by atomic mass is 79.9. The molecule has 0 saturated heterocycles. The smallest absolute Gasteiger partial charge is 0.253 e. The monoisotopic (exact) mass is 389 g/mol. The number of rotatable bonds is 3. The number of benzene rings is 2. The fourth-order valence-electron chi connectivity index (χ4n) is 1.83. The van der Waals surface area contributed by atoms with E-state index in [9.17, 15) is 9.59 Å². The van der Waals surface area contributed by atoms with E-state index in [4.69, 9.17) is 11.6 Å². The van der Waals surface area contributed by atoms with Crippen molar-refractivity contribution in [3.05, 3.63) is 68.7 Å². The van der Waals surface area contributed by atoms with Crippen LogP contribution in [0.15, 0.2) is 46.9 Å². The molecular weight excluding hydrogens is 378 g/mol. The number of hydrogen-bond donors (Lipinski definition) is 1. The van der Waals surface area contributed by atoms with E-state index in [-0.39, 0.29) is 18.2 Å². The molecular formula is C18H13BrClNO2. The predicted molar refractivity (Wildman–Crippen MR) is 94.8 cm³/mol. The largest absolute Gasteiger partial charge is 0.341 e. The predicted octanol–water partition coefficient (Wildman–Crippen LogP) is 4.09. The number of amides is 1. The Balaban J connectivity index is 1.96. The number of ketones is 1. The van der Waals surface area contributed by atoms with Gasteiger partial charge in [0, 0.05) is 15.6 Å². The quantitative estimate of drug-likeness (QED) is 0.634. The van der Waals surface area contributed by atoms with E-state index in [2.05, 4.69) is 33.1 Å². The Kier molecular flexibility index (Phi) is 5.97. The summed E-state index contributed by atoms with van der Waals surface area (Å²) in [5.74, 6) is 5.53. The van der Waals surface area contributed by atoms with Crippen LogP contribution in [0.25, 0.3) is 0 Å². The number of carbonyl (C=O) groups excluding carboxylic acids is 2. The molecule has 23 heavy (non-hydrogen) atoms. The highest BCUT2D eigenvalue weighted by molar-refractivity contribution is 9.10. The molecule has 116 valence electrons. The Hall–Kier alpha value is -2.09. The molecule has 2 aromatic carbocycles. The molecule has 2 rings (SSSR count). The van der Waals surface area contributed by atoms with Gasteiger partial charge in [-0.05, 0) is 37.3 Å². The average Bonchev–Trinajstić information content (AvgIpc) is 2.54. The van der Waals surface area contributed by atoms with Gasteiger partial charge >= 0.3 is 0 Å². The summed E-state index contributed by atoms with van der Waals surface area (Å²) in [5.41, 5.74) is 1.83. The van der Waals surface area contributed by atoms with Gasteiger partial charge in [-0.2, -0.15) is 0 Å². The molecule has 5 heteroatoms. The van der Waals surface area contributed by atoms with Gasteiger partial charge in [0.2, 0.25) is 0 Å². The third-order valence-corrected chi connectivity index (χ3v) is 3.86. The third kappa shape index (κ3) is 4.95. The lowest BCUT2D eigenvalue weighted by Crippen LogP contribution is -2.23. The zero-order chi connectivity index (χ0) is 16.8. The van der Waals surface area contributed by atoms with Crippen molar-refractivity contribution in [2.24, 2.45) is 0 Å². The summed E-state index contributed by atoms with van der Waals surface area (Å²) in [7, 11) is 0. The van der Waals surface area contributed by atoms with Crippen molar-refractivity contribution < 1.29 is 9.59 Å². The molecule has 1 N–H and O–H groups in total. The molecule has 0 aromatic heterocycles. The van der Waals surface area contributed by atoms with Crippen LogP contribution in [0.1, 0.15) is 33.2 Å². The van der Waals surface area contributed by atoms with Gasteiger partial charge in [0.25, 0.3) is 5.91 Å². The number of Topliss-reactive ketones (excluding diaryl/α,β-unsaturated/α-hetero) is 1. The van der Waals surface area contributed by atoms with Crippen LogP contribution in [0.4, 0.5) is 0 Å². The fraction of sp³-hybridized carbons (Fsp3) is 0.111. The Morgan fingerprint density at radius 3 is 2.52 bits per heavy atom. The van der Waals surface area contributed by atoms with E-state index < -0.39 is 0 Å². The summed E-state index contributed by atoms with van der Waals surface area (Å²) in [5, 5.41) is 3.08. The third-order valence-electron chi connectivity index (χ3n) is 3.03. The Morgan fingerprint density at radius 1 is 1.17 bits per heavy atom. The van der Waals surface area contributed by atoms with Crippen molar-refractivity contribution in [2.75, 3.05) is 6.54 Å². The molecule has 0 aliphatic heterocycles. The van der Waals surface area contributed by atoms with Gasteiger partial charge in [-0.25, -0.2) is 0 Å². The molecule has 3 nitrogen and oxygen atoms in total. The first kappa shape index (κ1) is 17.3. The van der Waals surface area contributed by atoms with Gasteiger partial charge in [0.1, 0.15) is 0 Å². The topological polar surface area (TPSA) is 46.2 Å². The molecule has 0 unspecified atom stereocenters. The van der Waals surface area contributed by atoms with Crippen LogP contribution in [0.2, 0.25) is 5.02 Å². The molecule has 0 bridgehead atoms. The fourth-order valence-corrected chi connectivity index (χ4v) is 2.39. The van der Waals surface area contributed by atoms with Gasteiger partial charge < -0.3 is 5.32 Å². The van der Waals surface area contributed by atoms with Gasteiger partial charge in [0.05, 0.1) is 17.1 Å². The van der Waals surface area contributed by atoms with Crippen LogP contribution in [0.5, 0.6) is 0 Å². The normalized spacial score (nSPS) is 9.70. The molecule has 0 heterocycles. The van der Waals surface area contributed by atoms with E-state index in [1.807, 2.05) is 0 Å². The second-order valence-electron chi connectivity index (χ2n) is 4.74. The van der Waals surface area contributed by atoms with Crippen molar-refractivity contribution in [3.63, 3.8) is 0 Å². The average molecular weight is 391 g/mol. The van der Waals surface area contributed by atoms with Crippen molar-refractivity contribution in [2.45, 2.75) is 6.92 Å². The molecule has 1 amide bonds. The molecule has 0 aliphatic rings. The summed E-state index contributed by atoms with van der Waals surface area (Å²) in [6, 6.07) is 12.1. The van der Waals surface area contributed by atoms with Crippen LogP contribution in [0.3, 0.4) is 0 Å². The van der Waals surface area contributed by atoms with Crippen molar-refractivity contribution in [1.82, 2.24) is 5.32 Å². The molecule has 0 atom stereocenters. The molecule has 0 aliphatic carbocycles. The number of carbonyl (C=O) groups is 2. The second kappa shape index (κ2) is 7.96. The van der Waals surface area contributed by atoms with Crippen molar-refractivity contribution in [3.8, 4) is 11.8 Å². The van der Waals surface area contributed by atoms with E-state index in [0.717, 1.165) is 10.0 Å². The number of nitrogens with one attached hydrogen (secondary N) is 1. The number of halogens is 2. The van der Waals surface area contributed by atoms with Gasteiger partial charge in [-0.1, -0.05) is 51.5 Å². The lowest BCUT2D eigenvalue weighted by Gasteiger charge is -2.04. The minimum absolute atomic E-state index is 0.0164. The molecule has 2 aromatic rings. The Morgan fingerprint density at radius 2 is 1.87 bits per heavy atom. The summed E-state index contributed by atoms with van der Waals surface area (Å²) in [6.07, 6.45) is 0.